The Labute approximate surface area is 194 Å². The van der Waals surface area contributed by atoms with Crippen LogP contribution in [0.5, 0.6) is 0 Å². The first-order valence-electron chi connectivity index (χ1n) is 8.79. The van der Waals surface area contributed by atoms with Crippen molar-refractivity contribution in [2.75, 3.05) is 6.61 Å². The number of thiazole rings is 1. The maximum absolute atomic E-state index is 11.0. The number of aliphatic hydroxyl groups excluding tert-OH is 3. The third-order valence-corrected chi connectivity index (χ3v) is 7.11. The van der Waals surface area contributed by atoms with E-state index in [4.69, 9.17) is 27.9 Å². The molecule has 4 heterocycles. The van der Waals surface area contributed by atoms with Gasteiger partial charge in [-0.3, -0.25) is 0 Å². The Kier molecular flexibility index (Phi) is 6.75. The molecule has 5 atom stereocenters. The van der Waals surface area contributed by atoms with Gasteiger partial charge in [-0.15, -0.1) is 16.4 Å². The van der Waals surface area contributed by atoms with E-state index in [9.17, 15) is 20.6 Å². The lowest BCUT2D eigenvalue weighted by atomic mass is 9.97. The molecule has 162 valence electrons. The predicted molar refractivity (Wildman–Crippen MR) is 113 cm³/mol. The van der Waals surface area contributed by atoms with Crippen LogP contribution in [-0.2, 0) is 4.74 Å². The van der Waals surface area contributed by atoms with Crippen molar-refractivity contribution in [2.45, 2.75) is 34.7 Å². The molecule has 0 saturated carbocycles. The molecule has 3 aromatic heterocycles. The van der Waals surface area contributed by atoms with Crippen molar-refractivity contribution in [1.29, 1.82) is 5.26 Å². The number of aromatic nitrogens is 5. The second-order valence-electron chi connectivity index (χ2n) is 6.49. The number of ether oxygens (including phenoxy) is 1. The number of nitrogens with zero attached hydrogens (tertiary/aromatic N) is 6. The molecule has 10 nitrogen and oxygen atoms in total. The summed E-state index contributed by atoms with van der Waals surface area (Å²) in [6.07, 6.45) is -0.699. The Morgan fingerprint density at radius 3 is 2.81 bits per heavy atom. The number of aliphatic hydroxyl groups is 3. The number of rotatable bonds is 5. The smallest absolute Gasteiger partial charge is 0.154 e. The van der Waals surface area contributed by atoms with Gasteiger partial charge in [0.2, 0.25) is 0 Å². The minimum absolute atomic E-state index is 0.108. The first kappa shape index (κ1) is 22.4. The van der Waals surface area contributed by atoms with Crippen LogP contribution in [0, 0.1) is 11.3 Å². The molecule has 3 N–H and O–H groups in total. The van der Waals surface area contributed by atoms with Crippen LogP contribution in [0.3, 0.4) is 0 Å². The Hall–Kier alpha value is -1.82. The second kappa shape index (κ2) is 9.35. The lowest BCUT2D eigenvalue weighted by Gasteiger charge is -2.41. The van der Waals surface area contributed by atoms with Crippen molar-refractivity contribution < 1.29 is 20.1 Å². The van der Waals surface area contributed by atoms with E-state index in [-0.39, 0.29) is 5.69 Å². The first-order valence-corrected chi connectivity index (χ1v) is 11.3. The molecule has 0 aliphatic carbocycles. The van der Waals surface area contributed by atoms with E-state index in [1.54, 1.807) is 5.38 Å². The van der Waals surface area contributed by atoms with Crippen molar-refractivity contribution in [3.63, 3.8) is 0 Å². The number of hydrogen-bond donors (Lipinski definition) is 3. The summed E-state index contributed by atoms with van der Waals surface area (Å²) >= 11 is 14.1. The van der Waals surface area contributed by atoms with Crippen LogP contribution in [-0.4, -0.2) is 70.6 Å². The number of thioether (sulfide) groups is 1. The molecular formula is C17H14Cl2N6O4S2. The molecule has 0 bridgehead atoms. The van der Waals surface area contributed by atoms with Crippen molar-refractivity contribution >= 4 is 46.3 Å². The maximum Gasteiger partial charge on any atom is 0.154 e. The summed E-state index contributed by atoms with van der Waals surface area (Å²) < 4.78 is 7.00. The van der Waals surface area contributed by atoms with Gasteiger partial charge in [-0.2, -0.15) is 5.26 Å². The predicted octanol–water partition coefficient (Wildman–Crippen LogP) is 1.75. The maximum atomic E-state index is 11.0. The average Bonchev–Trinajstić information content (AvgIpc) is 3.39. The highest BCUT2D eigenvalue weighted by atomic mass is 35.5. The summed E-state index contributed by atoms with van der Waals surface area (Å²) in [4.78, 5) is 8.49. The standard InChI is InChI=1S/C17H14Cl2N6O4S2/c18-7-1-11(8(2-20)21-3-7)31-17-15(28)13(14(27)10(5-26)29-17)25-4-9(23-24-25)16-22-12(19)6-30-16/h1,3-4,6,10,13-15,17,26-28H,5H2/t10?,13-,14-,15?,17+/m0/s1. The van der Waals surface area contributed by atoms with Crippen LogP contribution in [0.25, 0.3) is 10.7 Å². The average molecular weight is 501 g/mol. The van der Waals surface area contributed by atoms with Crippen molar-refractivity contribution in [1.82, 2.24) is 25.0 Å². The number of hydrogen-bond acceptors (Lipinski definition) is 11. The molecular weight excluding hydrogens is 487 g/mol. The van der Waals surface area contributed by atoms with Crippen LogP contribution in [0.15, 0.2) is 28.7 Å². The lowest BCUT2D eigenvalue weighted by Crippen LogP contribution is -2.55. The third kappa shape index (κ3) is 4.55. The summed E-state index contributed by atoms with van der Waals surface area (Å²) in [7, 11) is 0. The molecule has 31 heavy (non-hydrogen) atoms. The molecule has 4 rings (SSSR count). The lowest BCUT2D eigenvalue weighted by molar-refractivity contribution is -0.178. The summed E-state index contributed by atoms with van der Waals surface area (Å²) in [5.74, 6) is 0. The minimum Gasteiger partial charge on any atom is -0.394 e. The highest BCUT2D eigenvalue weighted by Crippen LogP contribution is 2.39. The topological polar surface area (TPSA) is 150 Å². The molecule has 0 spiro atoms. The molecule has 1 fully saturated rings. The zero-order valence-electron chi connectivity index (χ0n) is 15.4. The Morgan fingerprint density at radius 2 is 2.13 bits per heavy atom. The molecule has 0 amide bonds. The quantitative estimate of drug-likeness (QED) is 0.472. The van der Waals surface area contributed by atoms with Gasteiger partial charge in [0.1, 0.15) is 51.7 Å². The monoisotopic (exact) mass is 500 g/mol. The SMILES string of the molecule is N#Cc1ncc(Cl)cc1S[C@H]1OC(CO)[C@H](O)[C@H](n2cc(-c3nc(Cl)cs3)nn2)C1O. The molecule has 14 heteroatoms. The highest BCUT2D eigenvalue weighted by molar-refractivity contribution is 7.99. The van der Waals surface area contributed by atoms with Gasteiger partial charge in [0.25, 0.3) is 0 Å². The van der Waals surface area contributed by atoms with Crippen LogP contribution in [0.4, 0.5) is 0 Å². The fourth-order valence-electron chi connectivity index (χ4n) is 3.09. The van der Waals surface area contributed by atoms with Gasteiger partial charge in [-0.05, 0) is 6.07 Å². The van der Waals surface area contributed by atoms with Gasteiger partial charge in [-0.1, -0.05) is 40.2 Å². The van der Waals surface area contributed by atoms with Crippen LogP contribution >= 0.6 is 46.3 Å². The third-order valence-electron chi connectivity index (χ3n) is 4.53. The van der Waals surface area contributed by atoms with Gasteiger partial charge in [0.15, 0.2) is 5.69 Å². The fraction of sp³-hybridized carbons (Fsp3) is 0.353. The Balaban J connectivity index is 1.64. The molecule has 2 unspecified atom stereocenters. The van der Waals surface area contributed by atoms with Gasteiger partial charge in [0, 0.05) is 16.5 Å². The van der Waals surface area contributed by atoms with Crippen molar-refractivity contribution in [3.8, 4) is 16.8 Å². The van der Waals surface area contributed by atoms with E-state index in [1.807, 2.05) is 6.07 Å². The molecule has 1 aliphatic heterocycles. The van der Waals surface area contributed by atoms with E-state index < -0.39 is 36.4 Å². The van der Waals surface area contributed by atoms with E-state index in [1.165, 1.54) is 34.5 Å². The first-order chi connectivity index (χ1) is 14.9. The molecule has 1 aliphatic rings. The second-order valence-corrected chi connectivity index (χ2v) is 9.31. The number of nitriles is 1. The van der Waals surface area contributed by atoms with Crippen LogP contribution < -0.4 is 0 Å². The summed E-state index contributed by atoms with van der Waals surface area (Å²) in [6.45, 7) is -0.496. The zero-order valence-corrected chi connectivity index (χ0v) is 18.6. The van der Waals surface area contributed by atoms with Gasteiger partial charge >= 0.3 is 0 Å². The van der Waals surface area contributed by atoms with Gasteiger partial charge < -0.3 is 20.1 Å². The number of pyridine rings is 1. The highest BCUT2D eigenvalue weighted by Gasteiger charge is 2.46. The number of halogens is 2. The summed E-state index contributed by atoms with van der Waals surface area (Å²) in [5.41, 5.74) is -0.435. The molecule has 0 aromatic carbocycles. The fourth-order valence-corrected chi connectivity index (χ4v) is 5.36. The van der Waals surface area contributed by atoms with Crippen molar-refractivity contribution in [2.24, 2.45) is 0 Å². The minimum atomic E-state index is -1.28. The van der Waals surface area contributed by atoms with Crippen LogP contribution in [0.2, 0.25) is 10.2 Å². The van der Waals surface area contributed by atoms with E-state index in [2.05, 4.69) is 20.3 Å². The summed E-state index contributed by atoms with van der Waals surface area (Å²) in [5, 5.41) is 51.6. The van der Waals surface area contributed by atoms with Crippen molar-refractivity contribution in [3.05, 3.63) is 39.7 Å². The van der Waals surface area contributed by atoms with E-state index in [0.717, 1.165) is 11.8 Å². The molecule has 0 radical (unpaired) electrons. The van der Waals surface area contributed by atoms with E-state index >= 15 is 0 Å². The summed E-state index contributed by atoms with van der Waals surface area (Å²) in [6, 6.07) is 2.50. The largest absolute Gasteiger partial charge is 0.394 e. The Morgan fingerprint density at radius 1 is 1.32 bits per heavy atom. The normalized spacial score (nSPS) is 26.0. The van der Waals surface area contributed by atoms with Gasteiger partial charge in [0.05, 0.1) is 17.8 Å². The van der Waals surface area contributed by atoms with Gasteiger partial charge in [-0.25, -0.2) is 14.6 Å². The molecule has 1 saturated heterocycles. The zero-order chi connectivity index (χ0) is 22.1. The Bertz CT molecular complexity index is 1120. The van der Waals surface area contributed by atoms with Crippen LogP contribution in [0.1, 0.15) is 11.7 Å². The van der Waals surface area contributed by atoms with E-state index in [0.29, 0.717) is 25.8 Å². The molecule has 3 aromatic rings.